The molecule has 0 bridgehead atoms. The van der Waals surface area contributed by atoms with Crippen molar-refractivity contribution in [3.05, 3.63) is 0 Å². The number of alkyl halides is 1. The molecule has 0 fully saturated rings. The standard InChI is InChI=1S/C6H12ClNO7S2/c1-8(2,3)6(5(9)10,17(13,14)15)16(11,12)4-7/h4H2,1-3H3,(H-,9,10,13,14,15). The molecule has 1 N–H and O–H groups in total. The molecule has 0 radical (unpaired) electrons. The molecule has 8 nitrogen and oxygen atoms in total. The zero-order valence-electron chi connectivity index (χ0n) is 9.25. The summed E-state index contributed by atoms with van der Waals surface area (Å²) in [5.74, 6) is -2.46. The van der Waals surface area contributed by atoms with Gasteiger partial charge in [0.1, 0.15) is 11.2 Å². The summed E-state index contributed by atoms with van der Waals surface area (Å²) in [6.07, 6.45) is 0. The fourth-order valence-corrected chi connectivity index (χ4v) is 5.77. The maximum Gasteiger partial charge on any atom is 0.364 e. The van der Waals surface area contributed by atoms with E-state index >= 15 is 0 Å². The summed E-state index contributed by atoms with van der Waals surface area (Å²) in [5.41, 5.74) is 0. The van der Waals surface area contributed by atoms with Crippen molar-refractivity contribution < 1.29 is 35.8 Å². The number of quaternary nitrogens is 1. The average molecular weight is 310 g/mol. The third-order valence-corrected chi connectivity index (χ3v) is 7.57. The number of carbonyl (C=O) groups excluding carboxylic acids is 1. The molecule has 1 unspecified atom stereocenters. The van der Waals surface area contributed by atoms with Crippen LogP contribution in [0.1, 0.15) is 0 Å². The zero-order chi connectivity index (χ0) is 14.3. The number of likely N-dealkylation sites (N-methyl/N-ethyl adjacent to an activating group) is 1. The van der Waals surface area contributed by atoms with Crippen LogP contribution in [0.3, 0.4) is 0 Å². The highest BCUT2D eigenvalue weighted by molar-refractivity contribution is 8.09. The Kier molecular flexibility index (Phi) is 4.25. The highest BCUT2D eigenvalue weighted by atomic mass is 35.5. The predicted octanol–water partition coefficient (Wildman–Crippen LogP) is -2.40. The minimum absolute atomic E-state index is 0.966. The van der Waals surface area contributed by atoms with Gasteiger partial charge in [-0.25, -0.2) is 8.42 Å². The van der Waals surface area contributed by atoms with E-state index in [0.29, 0.717) is 0 Å². The van der Waals surface area contributed by atoms with Crippen LogP contribution in [0.25, 0.3) is 0 Å². The van der Waals surface area contributed by atoms with Crippen LogP contribution in [0, 0.1) is 0 Å². The maximum absolute atomic E-state index is 11.6. The van der Waals surface area contributed by atoms with Gasteiger partial charge in [-0.15, -0.1) is 11.6 Å². The predicted molar refractivity (Wildman–Crippen MR) is 57.0 cm³/mol. The lowest BCUT2D eigenvalue weighted by Gasteiger charge is -2.41. The third-order valence-electron chi connectivity index (χ3n) is 2.06. The topological polar surface area (TPSA) is 129 Å². The molecule has 0 saturated carbocycles. The molecule has 1 atom stereocenters. The van der Waals surface area contributed by atoms with Gasteiger partial charge in [-0.2, -0.15) is 8.42 Å². The Morgan fingerprint density at radius 1 is 1.29 bits per heavy atom. The van der Waals surface area contributed by atoms with Crippen LogP contribution < -0.4 is 5.11 Å². The maximum atomic E-state index is 11.6. The van der Waals surface area contributed by atoms with Crippen molar-refractivity contribution in [2.45, 2.75) is 4.20 Å². The summed E-state index contributed by atoms with van der Waals surface area (Å²) in [7, 11) is -7.52. The van der Waals surface area contributed by atoms with Gasteiger partial charge in [-0.05, 0) is 0 Å². The number of rotatable bonds is 5. The van der Waals surface area contributed by atoms with Gasteiger partial charge in [-0.3, -0.25) is 9.04 Å². The first-order valence-electron chi connectivity index (χ1n) is 4.04. The first-order valence-corrected chi connectivity index (χ1v) is 7.66. The summed E-state index contributed by atoms with van der Waals surface area (Å²) in [6.45, 7) is 0. The molecule has 0 aliphatic heterocycles. The molecule has 11 heteroatoms. The van der Waals surface area contributed by atoms with Crippen molar-refractivity contribution in [3.8, 4) is 0 Å². The molecule has 17 heavy (non-hydrogen) atoms. The molecule has 0 rings (SSSR count). The lowest BCUT2D eigenvalue weighted by Crippen LogP contribution is -2.73. The van der Waals surface area contributed by atoms with E-state index < -0.39 is 39.8 Å². The van der Waals surface area contributed by atoms with Gasteiger partial charge in [0.05, 0.1) is 21.1 Å². The molecule has 0 spiro atoms. The molecule has 102 valence electrons. The van der Waals surface area contributed by atoms with Gasteiger partial charge >= 0.3 is 14.3 Å². The molecule has 0 amide bonds. The number of carbonyl (C=O) groups is 1. The minimum atomic E-state index is -5.52. The fraction of sp³-hybridized carbons (Fsp3) is 0.833. The Morgan fingerprint density at radius 3 is 1.71 bits per heavy atom. The largest absolute Gasteiger partial charge is 0.542 e. The van der Waals surface area contributed by atoms with Crippen LogP contribution in [0.5, 0.6) is 0 Å². The summed E-state index contributed by atoms with van der Waals surface area (Å²) in [5, 5.41) is 9.72. The van der Waals surface area contributed by atoms with E-state index in [1.165, 1.54) is 0 Å². The van der Waals surface area contributed by atoms with Gasteiger partial charge in [-0.1, -0.05) is 0 Å². The number of sulfone groups is 1. The van der Waals surface area contributed by atoms with E-state index in [0.717, 1.165) is 21.1 Å². The molecule has 0 aliphatic carbocycles. The second kappa shape index (κ2) is 4.35. The monoisotopic (exact) mass is 309 g/mol. The van der Waals surface area contributed by atoms with Crippen LogP contribution in [-0.2, 0) is 24.7 Å². The smallest absolute Gasteiger partial charge is 0.364 e. The van der Waals surface area contributed by atoms with E-state index in [1.807, 2.05) is 0 Å². The van der Waals surface area contributed by atoms with Crippen LogP contribution in [0.2, 0.25) is 0 Å². The van der Waals surface area contributed by atoms with Gasteiger partial charge in [0.15, 0.2) is 0 Å². The van der Waals surface area contributed by atoms with Gasteiger partial charge in [0.2, 0.25) is 9.84 Å². The number of halogens is 1. The van der Waals surface area contributed by atoms with E-state index in [1.54, 1.807) is 0 Å². The normalized spacial score (nSPS) is 17.5. The Bertz CT molecular complexity index is 517. The van der Waals surface area contributed by atoms with Gasteiger partial charge in [0.25, 0.3) is 0 Å². The van der Waals surface area contributed by atoms with Gasteiger partial charge in [0, 0.05) is 0 Å². The molecule has 0 heterocycles. The van der Waals surface area contributed by atoms with Crippen LogP contribution in [0.4, 0.5) is 0 Å². The third kappa shape index (κ3) is 2.27. The number of nitrogens with zero attached hydrogens (tertiary/aromatic N) is 1. The second-order valence-electron chi connectivity index (χ2n) is 4.08. The summed E-state index contributed by atoms with van der Waals surface area (Å²) in [4.78, 5) is 11.0. The van der Waals surface area contributed by atoms with E-state index in [4.69, 9.17) is 16.2 Å². The lowest BCUT2D eigenvalue weighted by molar-refractivity contribution is -0.885. The Morgan fingerprint density at radius 2 is 1.65 bits per heavy atom. The van der Waals surface area contributed by atoms with E-state index in [2.05, 4.69) is 0 Å². The second-order valence-corrected chi connectivity index (χ2v) is 8.57. The van der Waals surface area contributed by atoms with Crippen molar-refractivity contribution in [1.82, 2.24) is 0 Å². The summed E-state index contributed by atoms with van der Waals surface area (Å²) < 4.78 is 50.0. The zero-order valence-corrected chi connectivity index (χ0v) is 11.6. The molecule has 0 saturated heterocycles. The van der Waals surface area contributed by atoms with Crippen molar-refractivity contribution >= 4 is 37.5 Å². The first kappa shape index (κ1) is 16.6. The van der Waals surface area contributed by atoms with Crippen LogP contribution in [-0.4, -0.2) is 62.4 Å². The van der Waals surface area contributed by atoms with Crippen molar-refractivity contribution in [3.63, 3.8) is 0 Å². The Balaban J connectivity index is 6.74. The molecular weight excluding hydrogens is 298 g/mol. The Labute approximate surface area is 104 Å². The van der Waals surface area contributed by atoms with Gasteiger partial charge < -0.3 is 9.90 Å². The number of aliphatic carboxylic acids is 1. The number of hydrogen-bond acceptors (Lipinski definition) is 6. The number of hydrogen-bond donors (Lipinski definition) is 1. The summed E-state index contributed by atoms with van der Waals surface area (Å²) >= 11 is 5.07. The van der Waals surface area contributed by atoms with Crippen LogP contribution in [0.15, 0.2) is 0 Å². The van der Waals surface area contributed by atoms with Crippen molar-refractivity contribution in [2.75, 3.05) is 26.4 Å². The van der Waals surface area contributed by atoms with Crippen molar-refractivity contribution in [2.24, 2.45) is 0 Å². The highest BCUT2D eigenvalue weighted by Crippen LogP contribution is 2.32. The quantitative estimate of drug-likeness (QED) is 0.340. The number of carboxylic acids is 1. The lowest BCUT2D eigenvalue weighted by atomic mass is 10.5. The molecule has 0 aromatic heterocycles. The minimum Gasteiger partial charge on any atom is -0.542 e. The fourth-order valence-electron chi connectivity index (χ4n) is 1.50. The molecule has 0 aromatic rings. The first-order chi connectivity index (χ1) is 7.25. The molecular formula is C6H12ClNO7S2. The average Bonchev–Trinajstić information content (AvgIpc) is 1.97. The van der Waals surface area contributed by atoms with E-state index in [-0.39, 0.29) is 0 Å². The summed E-state index contributed by atoms with van der Waals surface area (Å²) in [6, 6.07) is 0. The van der Waals surface area contributed by atoms with Crippen molar-refractivity contribution in [1.29, 1.82) is 0 Å². The number of carboxylic acid groups (broad SMARTS) is 1. The molecule has 0 aromatic carbocycles. The highest BCUT2D eigenvalue weighted by Gasteiger charge is 2.66. The Hall–Kier alpha value is -0.420. The SMILES string of the molecule is C[N+](C)(C)C(C(=O)[O-])(S(=O)(=O)O)S(=O)(=O)CCl. The van der Waals surface area contributed by atoms with Crippen LogP contribution >= 0.6 is 11.6 Å². The molecule has 0 aliphatic rings. The van der Waals surface area contributed by atoms with E-state index in [9.17, 15) is 26.7 Å².